The third-order valence-corrected chi connectivity index (χ3v) is 6.91. The first-order valence-electron chi connectivity index (χ1n) is 6.95. The molecule has 0 aromatic heterocycles. The van der Waals surface area contributed by atoms with Crippen LogP contribution in [-0.4, -0.2) is 38.4 Å². The van der Waals surface area contributed by atoms with Crippen LogP contribution in [0, 0.1) is 0 Å². The van der Waals surface area contributed by atoms with E-state index in [1.165, 1.54) is 0 Å². The fraction of sp³-hybridized carbons (Fsp3) is 0.111. The van der Waals surface area contributed by atoms with E-state index in [4.69, 9.17) is 23.2 Å². The van der Waals surface area contributed by atoms with E-state index in [1.54, 1.807) is 0 Å². The Balaban J connectivity index is 2.36. The normalized spacial score (nSPS) is 13.4. The second-order valence-electron chi connectivity index (χ2n) is 4.62. The third-order valence-electron chi connectivity index (χ3n) is 3.08. The van der Waals surface area contributed by atoms with Gasteiger partial charge in [-0.1, -0.05) is 0 Å². The van der Waals surface area contributed by atoms with E-state index in [1.807, 2.05) is 60.7 Å². The monoisotopic (exact) mass is 414 g/mol. The number of aliphatic hydroxyl groups excluding tert-OH is 2. The molecule has 0 saturated heterocycles. The number of hydrogen-bond donors (Lipinski definition) is 2. The van der Waals surface area contributed by atoms with Gasteiger partial charge in [-0.3, -0.25) is 0 Å². The van der Waals surface area contributed by atoms with Crippen molar-refractivity contribution in [3.63, 3.8) is 0 Å². The van der Waals surface area contributed by atoms with Crippen LogP contribution in [0.4, 0.5) is 0 Å². The van der Waals surface area contributed by atoms with Crippen LogP contribution in [0.25, 0.3) is 10.1 Å². The average Bonchev–Trinajstić information content (AvgIpc) is 2.63. The number of hydrogen-bond acceptors (Lipinski definition) is 2. The molecule has 2 aromatic carbocycles. The van der Waals surface area contributed by atoms with Gasteiger partial charge in [-0.15, -0.1) is 0 Å². The molecule has 120 valence electrons. The van der Waals surface area contributed by atoms with Gasteiger partial charge in [0.25, 0.3) is 0 Å². The second-order valence-corrected chi connectivity index (χ2v) is 7.88. The summed E-state index contributed by atoms with van der Waals surface area (Å²) < 4.78 is 1.37. The van der Waals surface area contributed by atoms with E-state index in [0.717, 1.165) is 11.1 Å². The Hall–Kier alpha value is -1.06. The van der Waals surface area contributed by atoms with Crippen LogP contribution >= 0.6 is 23.2 Å². The number of rotatable bonds is 6. The Morgan fingerprint density at radius 1 is 0.696 bits per heavy atom. The predicted molar refractivity (Wildman–Crippen MR) is 98.4 cm³/mol. The van der Waals surface area contributed by atoms with E-state index in [9.17, 15) is 10.2 Å². The molecule has 2 aromatic rings. The molecule has 0 aliphatic carbocycles. The van der Waals surface area contributed by atoms with Crippen molar-refractivity contribution >= 4 is 48.2 Å². The van der Waals surface area contributed by atoms with E-state index < -0.39 is 0 Å². The van der Waals surface area contributed by atoms with Gasteiger partial charge < -0.3 is 0 Å². The number of benzene rings is 2. The first kappa shape index (κ1) is 18.3. The zero-order valence-electron chi connectivity index (χ0n) is 12.2. The van der Waals surface area contributed by atoms with E-state index in [-0.39, 0.29) is 28.2 Å². The molecule has 0 radical (unpaired) electrons. The molecule has 0 spiro atoms. The molecule has 0 aliphatic rings. The maximum atomic E-state index is 9.68. The van der Waals surface area contributed by atoms with Crippen molar-refractivity contribution in [2.45, 2.75) is 0 Å². The molecule has 5 heteroatoms. The van der Waals surface area contributed by atoms with Crippen LogP contribution in [0.1, 0.15) is 11.1 Å². The van der Waals surface area contributed by atoms with Gasteiger partial charge in [-0.05, 0) is 0 Å². The minimum absolute atomic E-state index is 0.170. The summed E-state index contributed by atoms with van der Waals surface area (Å²) >= 11 is 12.5. The summed E-state index contributed by atoms with van der Waals surface area (Å²) in [4.78, 5) is 0. The van der Waals surface area contributed by atoms with Gasteiger partial charge in [0.1, 0.15) is 0 Å². The SMILES string of the molecule is OC/C([Se]/C(CO)=C(\Cl)c1ccccc1)=C(/Cl)c1ccccc1. The Labute approximate surface area is 152 Å². The first-order valence-corrected chi connectivity index (χ1v) is 9.42. The quantitative estimate of drug-likeness (QED) is 0.705. The zero-order chi connectivity index (χ0) is 16.7. The molecule has 0 heterocycles. The molecule has 0 aliphatic heterocycles. The molecule has 0 fully saturated rings. The van der Waals surface area contributed by atoms with Crippen LogP contribution in [0.2, 0.25) is 0 Å². The topological polar surface area (TPSA) is 40.5 Å². The summed E-state index contributed by atoms with van der Waals surface area (Å²) in [5.74, 6) is 0. The van der Waals surface area contributed by atoms with Crippen LogP contribution in [-0.2, 0) is 0 Å². The number of aliphatic hydroxyl groups is 2. The van der Waals surface area contributed by atoms with Crippen molar-refractivity contribution in [3.8, 4) is 0 Å². The van der Waals surface area contributed by atoms with Crippen molar-refractivity contribution in [2.75, 3.05) is 13.2 Å². The maximum absolute atomic E-state index is 9.68. The van der Waals surface area contributed by atoms with Gasteiger partial charge in [0, 0.05) is 0 Å². The standard InChI is InChI=1S/C18H16Cl2O2Se/c19-17(13-7-3-1-4-8-13)15(11-21)23-16(12-22)18(20)14-9-5-2-6-10-14/h1-10,21-22H,11-12H2/b17-15-,18-16-. The Bertz CT molecular complexity index is 636. The molecule has 23 heavy (non-hydrogen) atoms. The van der Waals surface area contributed by atoms with E-state index >= 15 is 0 Å². The van der Waals surface area contributed by atoms with Gasteiger partial charge >= 0.3 is 152 Å². The molecule has 2 N–H and O–H groups in total. The second kappa shape index (κ2) is 9.29. The Kier molecular flexibility index (Phi) is 7.38. The molecule has 0 amide bonds. The summed E-state index contributed by atoms with van der Waals surface area (Å²) in [6.45, 7) is -0.341. The van der Waals surface area contributed by atoms with Crippen LogP contribution < -0.4 is 0 Å². The summed E-state index contributed by atoms with van der Waals surface area (Å²) in [6, 6.07) is 18.9. The fourth-order valence-corrected chi connectivity index (χ4v) is 4.47. The Morgan fingerprint density at radius 3 is 1.35 bits per heavy atom. The van der Waals surface area contributed by atoms with Gasteiger partial charge in [0.2, 0.25) is 0 Å². The van der Waals surface area contributed by atoms with Crippen LogP contribution in [0.15, 0.2) is 69.6 Å². The van der Waals surface area contributed by atoms with Crippen molar-refractivity contribution in [1.29, 1.82) is 0 Å². The average molecular weight is 414 g/mol. The summed E-state index contributed by atoms with van der Waals surface area (Å²) in [5.41, 5.74) is 1.68. The summed E-state index contributed by atoms with van der Waals surface area (Å²) in [6.07, 6.45) is 0. The molecular formula is C18H16Cl2O2Se. The molecule has 0 atom stereocenters. The molecule has 0 bridgehead atoms. The minimum atomic E-state index is -0.344. The van der Waals surface area contributed by atoms with E-state index in [0.29, 0.717) is 19.0 Å². The number of halogens is 2. The summed E-state index contributed by atoms with van der Waals surface area (Å²) in [7, 11) is 0. The van der Waals surface area contributed by atoms with Crippen molar-refractivity contribution in [1.82, 2.24) is 0 Å². The molecule has 0 saturated carbocycles. The van der Waals surface area contributed by atoms with Crippen molar-refractivity contribution in [3.05, 3.63) is 80.7 Å². The molecule has 2 rings (SSSR count). The molecule has 2 nitrogen and oxygen atoms in total. The van der Waals surface area contributed by atoms with Gasteiger partial charge in [-0.2, -0.15) is 0 Å². The third kappa shape index (κ3) is 4.95. The van der Waals surface area contributed by atoms with Crippen LogP contribution in [0.5, 0.6) is 0 Å². The summed E-state index contributed by atoms with van der Waals surface area (Å²) in [5, 5.41) is 20.4. The van der Waals surface area contributed by atoms with Crippen molar-refractivity contribution in [2.24, 2.45) is 0 Å². The first-order chi connectivity index (χ1) is 11.2. The van der Waals surface area contributed by atoms with E-state index in [2.05, 4.69) is 0 Å². The molecular weight excluding hydrogens is 398 g/mol. The van der Waals surface area contributed by atoms with Gasteiger partial charge in [0.15, 0.2) is 0 Å². The van der Waals surface area contributed by atoms with Crippen molar-refractivity contribution < 1.29 is 10.2 Å². The molecule has 0 unspecified atom stereocenters. The predicted octanol–water partition coefficient (Wildman–Crippen LogP) is 3.89. The van der Waals surface area contributed by atoms with Gasteiger partial charge in [-0.25, -0.2) is 0 Å². The Morgan fingerprint density at radius 2 is 1.04 bits per heavy atom. The fourth-order valence-electron chi connectivity index (χ4n) is 1.93. The zero-order valence-corrected chi connectivity index (χ0v) is 15.5. The van der Waals surface area contributed by atoms with Crippen LogP contribution in [0.3, 0.4) is 0 Å². The van der Waals surface area contributed by atoms with Gasteiger partial charge in [0.05, 0.1) is 0 Å².